The molecule has 0 bridgehead atoms. The van der Waals surface area contributed by atoms with Crippen molar-refractivity contribution < 1.29 is 14.5 Å². The quantitative estimate of drug-likeness (QED) is 0.239. The number of nitrogens with one attached hydrogen (secondary N) is 2. The Morgan fingerprint density at radius 3 is 2.24 bits per heavy atom. The van der Waals surface area contributed by atoms with Crippen LogP contribution in [0.25, 0.3) is 0 Å². The van der Waals surface area contributed by atoms with Gasteiger partial charge in [0.25, 0.3) is 11.6 Å². The number of rotatable bonds is 8. The van der Waals surface area contributed by atoms with E-state index < -0.39 is 10.8 Å². The number of thioether (sulfide) groups is 1. The van der Waals surface area contributed by atoms with Crippen LogP contribution in [-0.2, 0) is 4.79 Å². The summed E-state index contributed by atoms with van der Waals surface area (Å²) in [5.74, 6) is -0.145. The van der Waals surface area contributed by atoms with Gasteiger partial charge in [-0.25, -0.2) is 0 Å². The summed E-state index contributed by atoms with van der Waals surface area (Å²) >= 11 is 1.37. The first-order valence-corrected chi connectivity index (χ1v) is 11.3. The molecule has 0 aliphatic heterocycles. The second kappa shape index (κ2) is 10.8. The number of nitrogens with zero attached hydrogens (tertiary/aromatic N) is 1. The molecule has 0 aliphatic rings. The van der Waals surface area contributed by atoms with Crippen LogP contribution in [0.1, 0.15) is 42.6 Å². The van der Waals surface area contributed by atoms with E-state index in [0.29, 0.717) is 11.6 Å². The third kappa shape index (κ3) is 6.66. The van der Waals surface area contributed by atoms with Gasteiger partial charge in [-0.05, 0) is 54.8 Å². The molecular formula is C25H25N3O4S. The van der Waals surface area contributed by atoms with E-state index in [9.17, 15) is 19.7 Å². The van der Waals surface area contributed by atoms with Crippen molar-refractivity contribution in [1.29, 1.82) is 0 Å². The van der Waals surface area contributed by atoms with E-state index in [4.69, 9.17) is 0 Å². The second-order valence-electron chi connectivity index (χ2n) is 7.82. The molecule has 0 spiro atoms. The Hall–Kier alpha value is -3.65. The van der Waals surface area contributed by atoms with Crippen LogP contribution in [-0.4, -0.2) is 22.0 Å². The van der Waals surface area contributed by atoms with Crippen molar-refractivity contribution in [3.8, 4) is 0 Å². The zero-order valence-electron chi connectivity index (χ0n) is 18.6. The van der Waals surface area contributed by atoms with Gasteiger partial charge >= 0.3 is 0 Å². The maximum absolute atomic E-state index is 12.6. The molecule has 170 valence electrons. The Kier molecular flexibility index (Phi) is 7.84. The molecule has 0 heterocycles. The van der Waals surface area contributed by atoms with Gasteiger partial charge in [-0.15, -0.1) is 11.8 Å². The number of carbonyl (C=O) groups is 2. The van der Waals surface area contributed by atoms with Crippen molar-refractivity contribution in [3.63, 3.8) is 0 Å². The van der Waals surface area contributed by atoms with E-state index in [1.807, 2.05) is 37.3 Å². The number of benzene rings is 3. The number of nitro groups is 1. The zero-order chi connectivity index (χ0) is 24.0. The van der Waals surface area contributed by atoms with Crippen molar-refractivity contribution >= 4 is 40.6 Å². The van der Waals surface area contributed by atoms with Crippen LogP contribution < -0.4 is 10.6 Å². The molecular weight excluding hydrogens is 438 g/mol. The van der Waals surface area contributed by atoms with Gasteiger partial charge in [0.15, 0.2) is 0 Å². The van der Waals surface area contributed by atoms with Crippen LogP contribution in [0, 0.1) is 10.1 Å². The zero-order valence-corrected chi connectivity index (χ0v) is 19.4. The molecule has 1 unspecified atom stereocenters. The predicted octanol–water partition coefficient (Wildman–Crippen LogP) is 6.09. The lowest BCUT2D eigenvalue weighted by Gasteiger charge is -2.14. The molecule has 3 aromatic carbocycles. The number of amides is 2. The fourth-order valence-electron chi connectivity index (χ4n) is 3.06. The van der Waals surface area contributed by atoms with Gasteiger partial charge < -0.3 is 10.6 Å². The minimum absolute atomic E-state index is 0.122. The summed E-state index contributed by atoms with van der Waals surface area (Å²) in [4.78, 5) is 36.3. The highest BCUT2D eigenvalue weighted by atomic mass is 32.2. The van der Waals surface area contributed by atoms with Crippen LogP contribution in [0.4, 0.5) is 17.1 Å². The van der Waals surface area contributed by atoms with Crippen LogP contribution in [0.3, 0.4) is 0 Å². The molecule has 2 N–H and O–H groups in total. The Morgan fingerprint density at radius 1 is 0.879 bits per heavy atom. The van der Waals surface area contributed by atoms with Crippen LogP contribution in [0.15, 0.2) is 77.7 Å². The number of non-ortho nitro benzene ring substituents is 1. The van der Waals surface area contributed by atoms with E-state index >= 15 is 0 Å². The third-order valence-electron chi connectivity index (χ3n) is 4.94. The fraction of sp³-hybridized carbons (Fsp3) is 0.200. The number of anilines is 2. The van der Waals surface area contributed by atoms with E-state index in [2.05, 4.69) is 24.5 Å². The number of carbonyl (C=O) groups excluding carboxylic acids is 2. The largest absolute Gasteiger partial charge is 0.325 e. The van der Waals surface area contributed by atoms with Gasteiger partial charge in [-0.3, -0.25) is 19.7 Å². The summed E-state index contributed by atoms with van der Waals surface area (Å²) < 4.78 is 0. The first-order chi connectivity index (χ1) is 15.7. The molecule has 0 aliphatic carbocycles. The number of hydrogen-bond acceptors (Lipinski definition) is 5. The van der Waals surface area contributed by atoms with Crippen molar-refractivity contribution in [2.45, 2.75) is 36.8 Å². The van der Waals surface area contributed by atoms with Crippen LogP contribution >= 0.6 is 11.8 Å². The molecule has 0 saturated carbocycles. The Bertz CT molecular complexity index is 1160. The molecule has 1 atom stereocenters. The molecule has 0 fully saturated rings. The van der Waals surface area contributed by atoms with E-state index in [1.165, 1.54) is 41.6 Å². The third-order valence-corrected chi connectivity index (χ3v) is 6.03. The molecule has 7 nitrogen and oxygen atoms in total. The summed E-state index contributed by atoms with van der Waals surface area (Å²) in [5.41, 5.74) is 2.53. The van der Waals surface area contributed by atoms with Crippen LogP contribution in [0.5, 0.6) is 0 Å². The van der Waals surface area contributed by atoms with Crippen molar-refractivity contribution in [2.24, 2.45) is 0 Å². The standard InChI is InChI=1S/C25H25N3O4S/c1-16(2)18-10-12-20(13-11-18)26-24(29)17(3)33-23-9-5-7-21(15-23)27-25(30)19-6-4-8-22(14-19)28(31)32/h4-17H,1-3H3,(H,26,29)(H,27,30). The lowest BCUT2D eigenvalue weighted by Crippen LogP contribution is -2.22. The maximum Gasteiger partial charge on any atom is 0.270 e. The average Bonchev–Trinajstić information content (AvgIpc) is 2.79. The van der Waals surface area contributed by atoms with E-state index in [0.717, 1.165) is 10.6 Å². The smallest absolute Gasteiger partial charge is 0.270 e. The monoisotopic (exact) mass is 463 g/mol. The van der Waals surface area contributed by atoms with Gasteiger partial charge in [0.05, 0.1) is 10.2 Å². The SMILES string of the molecule is CC(Sc1cccc(NC(=O)c2cccc([N+](=O)[O-])c2)c1)C(=O)Nc1ccc(C(C)C)cc1. The summed E-state index contributed by atoms with van der Waals surface area (Å²) in [5, 5.41) is 16.2. The Labute approximate surface area is 196 Å². The first-order valence-electron chi connectivity index (χ1n) is 10.5. The molecule has 2 amide bonds. The van der Waals surface area contributed by atoms with Crippen molar-refractivity contribution in [2.75, 3.05) is 10.6 Å². The van der Waals surface area contributed by atoms with Gasteiger partial charge in [-0.1, -0.05) is 38.1 Å². The van der Waals surface area contributed by atoms with Gasteiger partial charge in [0, 0.05) is 34.0 Å². The van der Waals surface area contributed by atoms with E-state index in [1.54, 1.807) is 18.2 Å². The Morgan fingerprint density at radius 2 is 1.58 bits per heavy atom. The molecule has 8 heteroatoms. The molecule has 3 aromatic rings. The maximum atomic E-state index is 12.6. The normalized spacial score (nSPS) is 11.6. The molecule has 3 rings (SSSR count). The lowest BCUT2D eigenvalue weighted by atomic mass is 10.0. The van der Waals surface area contributed by atoms with Gasteiger partial charge in [0.2, 0.25) is 5.91 Å². The minimum Gasteiger partial charge on any atom is -0.325 e. The lowest BCUT2D eigenvalue weighted by molar-refractivity contribution is -0.384. The first kappa shape index (κ1) is 24.0. The van der Waals surface area contributed by atoms with Gasteiger partial charge in [-0.2, -0.15) is 0 Å². The van der Waals surface area contributed by atoms with Crippen molar-refractivity contribution in [1.82, 2.24) is 0 Å². The summed E-state index contributed by atoms with van der Waals surface area (Å²) in [6.07, 6.45) is 0. The average molecular weight is 464 g/mol. The molecule has 0 saturated heterocycles. The molecule has 0 radical (unpaired) electrons. The number of nitro benzene ring substituents is 1. The van der Waals surface area contributed by atoms with Crippen molar-refractivity contribution in [3.05, 3.63) is 94.0 Å². The fourth-order valence-corrected chi connectivity index (χ4v) is 3.99. The summed E-state index contributed by atoms with van der Waals surface area (Å²) in [6.45, 7) is 6.05. The summed E-state index contributed by atoms with van der Waals surface area (Å²) in [6, 6.07) is 20.5. The summed E-state index contributed by atoms with van der Waals surface area (Å²) in [7, 11) is 0. The highest BCUT2D eigenvalue weighted by Gasteiger charge is 2.16. The topological polar surface area (TPSA) is 101 Å². The molecule has 0 aromatic heterocycles. The number of hydrogen-bond donors (Lipinski definition) is 2. The van der Waals surface area contributed by atoms with E-state index in [-0.39, 0.29) is 22.4 Å². The predicted molar refractivity (Wildman–Crippen MR) is 132 cm³/mol. The second-order valence-corrected chi connectivity index (χ2v) is 9.23. The van der Waals surface area contributed by atoms with Crippen LogP contribution in [0.2, 0.25) is 0 Å². The highest BCUT2D eigenvalue weighted by molar-refractivity contribution is 8.00. The van der Waals surface area contributed by atoms with Gasteiger partial charge in [0.1, 0.15) is 0 Å². The minimum atomic E-state index is -0.543. The molecule has 33 heavy (non-hydrogen) atoms. The Balaban J connectivity index is 1.61. The highest BCUT2D eigenvalue weighted by Crippen LogP contribution is 2.27.